The fourth-order valence-corrected chi connectivity index (χ4v) is 8.22. The quantitative estimate of drug-likeness (QED) is 0.171. The van der Waals surface area contributed by atoms with Gasteiger partial charge in [-0.2, -0.15) is 0 Å². The Morgan fingerprint density at radius 3 is 1.10 bits per heavy atom. The molecule has 9 rings (SSSR count). The van der Waals surface area contributed by atoms with Gasteiger partial charge < -0.3 is 9.13 Å². The number of hydrogen-bond acceptors (Lipinski definition) is 0. The Balaban J connectivity index is 1.44. The van der Waals surface area contributed by atoms with Gasteiger partial charge in [0.2, 0.25) is 0 Å². The molecule has 2 nitrogen and oxygen atoms in total. The van der Waals surface area contributed by atoms with Gasteiger partial charge in [0, 0.05) is 53.7 Å². The van der Waals surface area contributed by atoms with Crippen LogP contribution in [0.15, 0.2) is 121 Å². The molecule has 0 atom stereocenters. The Hall–Kier alpha value is -4.76. The summed E-state index contributed by atoms with van der Waals surface area (Å²) in [6.45, 7) is 13.6. The molecule has 4 heteroatoms. The molecule has 0 bridgehead atoms. The van der Waals surface area contributed by atoms with Gasteiger partial charge in [-0.25, -0.2) is 0 Å². The zero-order valence-corrected chi connectivity index (χ0v) is 30.7. The fourth-order valence-electron chi connectivity index (χ4n) is 7.86. The molecule has 0 saturated carbocycles. The van der Waals surface area contributed by atoms with Crippen LogP contribution in [0.4, 0.5) is 0 Å². The number of aromatic nitrogens is 2. The fraction of sp³-hybridized carbons (Fsp3) is 0.174. The maximum atomic E-state index is 6.52. The predicted octanol–water partition coefficient (Wildman–Crippen LogP) is 14.1. The van der Waals surface area contributed by atoms with Crippen molar-refractivity contribution in [2.75, 3.05) is 0 Å². The summed E-state index contributed by atoms with van der Waals surface area (Å²) in [7, 11) is 0. The minimum absolute atomic E-state index is 0.0644. The van der Waals surface area contributed by atoms with Crippen molar-refractivity contribution in [3.05, 3.63) is 142 Å². The summed E-state index contributed by atoms with van der Waals surface area (Å²) in [4.78, 5) is 0. The Morgan fingerprint density at radius 1 is 0.380 bits per heavy atom. The third-order valence-electron chi connectivity index (χ3n) is 10.5. The predicted molar refractivity (Wildman–Crippen MR) is 218 cm³/mol. The topological polar surface area (TPSA) is 9.86 Å². The lowest BCUT2D eigenvalue weighted by Gasteiger charge is -2.20. The molecule has 0 N–H and O–H groups in total. The zero-order chi connectivity index (χ0) is 34.7. The standard InChI is InChI=1S/C46H38Cl2N2/c1-45(2,3)29-9-15-33(16-10-29)49-41-25-40-38-20-8-28-24-32(48)14-22-36(28)44(38)50(34-17-11-30(12-18-34)46(4,5)6)42(40)26-39(41)37-19-7-27-23-31(47)13-21-35(27)43(37)49/h7-26H,1-6H3. The molecule has 2 heterocycles. The number of benzene rings is 7. The first-order valence-electron chi connectivity index (χ1n) is 17.3. The number of nitrogens with zero attached hydrogens (tertiary/aromatic N) is 2. The number of fused-ring (bicyclic) bond motifs is 10. The van der Waals surface area contributed by atoms with Gasteiger partial charge in [0.15, 0.2) is 0 Å². The van der Waals surface area contributed by atoms with Gasteiger partial charge in [0.1, 0.15) is 0 Å². The van der Waals surface area contributed by atoms with E-state index in [0.29, 0.717) is 0 Å². The van der Waals surface area contributed by atoms with Crippen molar-refractivity contribution in [1.29, 1.82) is 0 Å². The van der Waals surface area contributed by atoms with E-state index in [1.807, 2.05) is 12.1 Å². The van der Waals surface area contributed by atoms with Crippen LogP contribution >= 0.6 is 23.2 Å². The zero-order valence-electron chi connectivity index (χ0n) is 29.2. The maximum absolute atomic E-state index is 6.52. The van der Waals surface area contributed by atoms with Crippen LogP contribution in [-0.2, 0) is 10.8 Å². The Labute approximate surface area is 302 Å². The summed E-state index contributed by atoms with van der Waals surface area (Å²) in [5.74, 6) is 0. The number of rotatable bonds is 2. The lowest BCUT2D eigenvalue weighted by Crippen LogP contribution is -2.10. The van der Waals surface area contributed by atoms with Gasteiger partial charge in [-0.05, 0) is 93.4 Å². The van der Waals surface area contributed by atoms with Crippen LogP contribution in [0, 0.1) is 0 Å². The third-order valence-corrected chi connectivity index (χ3v) is 11.0. The second-order valence-electron chi connectivity index (χ2n) is 15.8. The van der Waals surface area contributed by atoms with Crippen molar-refractivity contribution < 1.29 is 0 Å². The molecule has 0 saturated heterocycles. The number of hydrogen-bond donors (Lipinski definition) is 0. The molecular formula is C46H38Cl2N2. The van der Waals surface area contributed by atoms with Crippen LogP contribution in [-0.4, -0.2) is 9.13 Å². The van der Waals surface area contributed by atoms with E-state index in [4.69, 9.17) is 23.2 Å². The van der Waals surface area contributed by atoms with Gasteiger partial charge in [-0.1, -0.05) is 125 Å². The maximum Gasteiger partial charge on any atom is 0.0619 e. The highest BCUT2D eigenvalue weighted by Crippen LogP contribution is 2.44. The molecular weight excluding hydrogens is 651 g/mol. The molecule has 0 aliphatic heterocycles. The van der Waals surface area contributed by atoms with E-state index in [0.717, 1.165) is 32.2 Å². The molecule has 0 radical (unpaired) electrons. The molecule has 0 fully saturated rings. The SMILES string of the molecule is CC(C)(C)c1ccc(-n2c3cc4c5ccc6cc(Cl)ccc6c5n(-c5ccc(C(C)(C)C)cc5)c4cc3c3ccc4cc(Cl)ccc4c32)cc1. The second-order valence-corrected chi connectivity index (χ2v) is 16.7. The summed E-state index contributed by atoms with van der Waals surface area (Å²) in [5, 5.41) is 11.0. The van der Waals surface area contributed by atoms with Crippen molar-refractivity contribution in [2.24, 2.45) is 0 Å². The highest BCUT2D eigenvalue weighted by Gasteiger charge is 2.22. The molecule has 9 aromatic rings. The van der Waals surface area contributed by atoms with Crippen LogP contribution in [0.3, 0.4) is 0 Å². The van der Waals surface area contributed by atoms with Crippen molar-refractivity contribution >= 4 is 88.4 Å². The van der Waals surface area contributed by atoms with Gasteiger partial charge in [-0.15, -0.1) is 0 Å². The Morgan fingerprint density at radius 2 is 0.740 bits per heavy atom. The summed E-state index contributed by atoms with van der Waals surface area (Å²) in [6, 6.07) is 44.5. The van der Waals surface area contributed by atoms with Crippen LogP contribution < -0.4 is 0 Å². The molecule has 50 heavy (non-hydrogen) atoms. The smallest absolute Gasteiger partial charge is 0.0619 e. The van der Waals surface area contributed by atoms with E-state index >= 15 is 0 Å². The van der Waals surface area contributed by atoms with Crippen LogP contribution in [0.25, 0.3) is 76.5 Å². The van der Waals surface area contributed by atoms with Crippen LogP contribution in [0.2, 0.25) is 10.0 Å². The van der Waals surface area contributed by atoms with Gasteiger partial charge in [0.05, 0.1) is 22.1 Å². The van der Waals surface area contributed by atoms with E-state index in [1.54, 1.807) is 0 Å². The Bertz CT molecular complexity index is 2620. The Kier molecular flexibility index (Phi) is 6.79. The second kappa shape index (κ2) is 10.9. The van der Waals surface area contributed by atoms with E-state index in [1.165, 1.54) is 65.5 Å². The first kappa shape index (κ1) is 31.2. The van der Waals surface area contributed by atoms with Gasteiger partial charge >= 0.3 is 0 Å². The normalized spacial score (nSPS) is 12.8. The van der Waals surface area contributed by atoms with E-state index in [9.17, 15) is 0 Å². The number of halogens is 2. The average molecular weight is 690 g/mol. The summed E-state index contributed by atoms with van der Waals surface area (Å²) in [5.41, 5.74) is 9.77. The van der Waals surface area contributed by atoms with E-state index < -0.39 is 0 Å². The van der Waals surface area contributed by atoms with Crippen molar-refractivity contribution in [2.45, 2.75) is 52.4 Å². The monoisotopic (exact) mass is 688 g/mol. The highest BCUT2D eigenvalue weighted by molar-refractivity contribution is 6.33. The first-order valence-corrected chi connectivity index (χ1v) is 18.1. The van der Waals surface area contributed by atoms with Gasteiger partial charge in [-0.3, -0.25) is 0 Å². The first-order chi connectivity index (χ1) is 23.9. The average Bonchev–Trinajstić information content (AvgIpc) is 3.58. The highest BCUT2D eigenvalue weighted by atomic mass is 35.5. The molecule has 0 unspecified atom stereocenters. The summed E-state index contributed by atoms with van der Waals surface area (Å²) >= 11 is 13.0. The lowest BCUT2D eigenvalue weighted by atomic mass is 9.87. The molecule has 0 aliphatic carbocycles. The summed E-state index contributed by atoms with van der Waals surface area (Å²) < 4.78 is 4.91. The molecule has 0 amide bonds. The molecule has 2 aromatic heterocycles. The minimum Gasteiger partial charge on any atom is -0.309 e. The third kappa shape index (κ3) is 4.77. The van der Waals surface area contributed by atoms with Crippen LogP contribution in [0.1, 0.15) is 52.7 Å². The largest absolute Gasteiger partial charge is 0.309 e. The van der Waals surface area contributed by atoms with Crippen LogP contribution in [0.5, 0.6) is 0 Å². The van der Waals surface area contributed by atoms with E-state index in [-0.39, 0.29) is 10.8 Å². The van der Waals surface area contributed by atoms with Crippen molar-refractivity contribution in [3.8, 4) is 11.4 Å². The minimum atomic E-state index is 0.0644. The molecule has 246 valence electrons. The van der Waals surface area contributed by atoms with E-state index in [2.05, 4.69) is 160 Å². The van der Waals surface area contributed by atoms with Gasteiger partial charge in [0.25, 0.3) is 0 Å². The molecule has 0 spiro atoms. The molecule has 7 aromatic carbocycles. The lowest BCUT2D eigenvalue weighted by molar-refractivity contribution is 0.590. The van der Waals surface area contributed by atoms with Crippen molar-refractivity contribution in [3.63, 3.8) is 0 Å². The summed E-state index contributed by atoms with van der Waals surface area (Å²) in [6.07, 6.45) is 0. The van der Waals surface area contributed by atoms with Crippen molar-refractivity contribution in [1.82, 2.24) is 9.13 Å². The molecule has 0 aliphatic rings.